The third-order valence-electron chi connectivity index (χ3n) is 5.51. The minimum Gasteiger partial charge on any atom is -0.507 e. The minimum absolute atomic E-state index is 0.0338. The first-order valence-corrected chi connectivity index (χ1v) is 11.7. The van der Waals surface area contributed by atoms with Gasteiger partial charge in [-0.05, 0) is 59.8 Å². The van der Waals surface area contributed by atoms with Crippen LogP contribution in [-0.2, 0) is 9.47 Å². The highest BCUT2D eigenvalue weighted by atomic mass is 16.6. The number of benzene rings is 1. The van der Waals surface area contributed by atoms with Crippen molar-refractivity contribution in [3.63, 3.8) is 0 Å². The second-order valence-electron chi connectivity index (χ2n) is 10.8. The Bertz CT molecular complexity index is 1040. The molecule has 0 aromatic heterocycles. The number of amides is 2. The maximum atomic E-state index is 13.0. The minimum atomic E-state index is -0.714. The number of fused-ring (bicyclic) bond motifs is 1. The molecule has 0 radical (unpaired) electrons. The molecule has 5 N–H and O–H groups in total. The summed E-state index contributed by atoms with van der Waals surface area (Å²) in [6.07, 6.45) is 0.655. The number of carbonyl (C=O) groups is 2. The number of allylic oxidation sites excluding steroid dienone is 1. The molecule has 2 aliphatic rings. The van der Waals surface area contributed by atoms with Crippen LogP contribution in [0.5, 0.6) is 5.75 Å². The highest BCUT2D eigenvalue weighted by Gasteiger charge is 2.40. The lowest BCUT2D eigenvalue weighted by atomic mass is 10.0. The van der Waals surface area contributed by atoms with E-state index in [1.807, 2.05) is 25.7 Å². The number of ether oxygens (including phenoxy) is 2. The van der Waals surface area contributed by atoms with Crippen LogP contribution in [0.25, 0.3) is 5.70 Å². The zero-order chi connectivity index (χ0) is 26.1. The van der Waals surface area contributed by atoms with Crippen molar-refractivity contribution in [3.05, 3.63) is 47.4 Å². The van der Waals surface area contributed by atoms with Gasteiger partial charge in [0.15, 0.2) is 0 Å². The summed E-state index contributed by atoms with van der Waals surface area (Å²) in [5, 5.41) is 10.2. The quantitative estimate of drug-likeness (QED) is 0.580. The van der Waals surface area contributed by atoms with Gasteiger partial charge in [-0.15, -0.1) is 0 Å². The topological polar surface area (TPSA) is 135 Å². The van der Waals surface area contributed by atoms with Crippen molar-refractivity contribution in [2.24, 2.45) is 11.5 Å². The molecule has 3 rings (SSSR count). The fourth-order valence-electron chi connectivity index (χ4n) is 4.01. The van der Waals surface area contributed by atoms with Crippen molar-refractivity contribution in [2.45, 2.75) is 58.8 Å². The third kappa shape index (κ3) is 6.32. The zero-order valence-corrected chi connectivity index (χ0v) is 21.4. The first-order valence-electron chi connectivity index (χ1n) is 11.7. The number of nitrogens with zero attached hydrogens (tertiary/aromatic N) is 3. The number of aromatic hydroxyl groups is 1. The van der Waals surface area contributed by atoms with Gasteiger partial charge < -0.3 is 35.8 Å². The number of carbonyl (C=O) groups excluding carboxylic acids is 2. The van der Waals surface area contributed by atoms with Crippen molar-refractivity contribution in [1.82, 2.24) is 14.7 Å². The van der Waals surface area contributed by atoms with E-state index in [-0.39, 0.29) is 24.2 Å². The summed E-state index contributed by atoms with van der Waals surface area (Å²) >= 11 is 0. The molecular formula is C25H37N5O5. The van der Waals surface area contributed by atoms with Gasteiger partial charge in [-0.3, -0.25) is 4.90 Å². The molecule has 10 nitrogen and oxygen atoms in total. The SMILES string of the molecule is CC(C)(C)OC(=O)N1CCN2C(/C=C(\N)c3ccccc3O)=C(N)N(C(=O)OC(C)(C)C)CC2C1. The van der Waals surface area contributed by atoms with E-state index in [0.717, 1.165) is 0 Å². The van der Waals surface area contributed by atoms with Gasteiger partial charge in [-0.2, -0.15) is 0 Å². The van der Waals surface area contributed by atoms with Gasteiger partial charge in [0.25, 0.3) is 0 Å². The molecule has 35 heavy (non-hydrogen) atoms. The Labute approximate surface area is 206 Å². The lowest BCUT2D eigenvalue weighted by molar-refractivity contribution is -0.00350. The van der Waals surface area contributed by atoms with Crippen LogP contribution in [0.4, 0.5) is 9.59 Å². The van der Waals surface area contributed by atoms with Gasteiger partial charge in [0, 0.05) is 30.9 Å². The predicted molar refractivity (Wildman–Crippen MR) is 133 cm³/mol. The molecule has 1 aromatic carbocycles. The van der Waals surface area contributed by atoms with E-state index in [4.69, 9.17) is 20.9 Å². The number of rotatable bonds is 2. The highest BCUT2D eigenvalue weighted by molar-refractivity contribution is 5.74. The number of piperazine rings is 1. The molecule has 0 aliphatic carbocycles. The van der Waals surface area contributed by atoms with E-state index in [1.54, 1.807) is 56.0 Å². The van der Waals surface area contributed by atoms with Crippen LogP contribution in [0.3, 0.4) is 0 Å². The summed E-state index contributed by atoms with van der Waals surface area (Å²) in [7, 11) is 0. The Kier molecular flexibility index (Phi) is 7.14. The number of phenolic OH excluding ortho intramolecular Hbond substituents is 1. The average Bonchev–Trinajstić information content (AvgIpc) is 2.72. The molecule has 0 bridgehead atoms. The molecule has 192 valence electrons. The van der Waals surface area contributed by atoms with Crippen molar-refractivity contribution in [2.75, 3.05) is 26.2 Å². The normalized spacial score (nSPS) is 19.4. The maximum absolute atomic E-state index is 13.0. The predicted octanol–water partition coefficient (Wildman–Crippen LogP) is 2.99. The van der Waals surface area contributed by atoms with E-state index in [0.29, 0.717) is 36.6 Å². The van der Waals surface area contributed by atoms with Gasteiger partial charge in [-0.1, -0.05) is 12.1 Å². The molecule has 1 saturated heterocycles. The summed E-state index contributed by atoms with van der Waals surface area (Å²) in [5.41, 5.74) is 12.8. The van der Waals surface area contributed by atoms with Gasteiger partial charge in [0.1, 0.15) is 22.8 Å². The fraction of sp³-hybridized carbons (Fsp3) is 0.520. The molecule has 2 heterocycles. The van der Waals surface area contributed by atoms with E-state index in [1.165, 1.54) is 4.90 Å². The number of hydrogen-bond donors (Lipinski definition) is 3. The molecule has 1 unspecified atom stereocenters. The Morgan fingerprint density at radius 1 is 1.00 bits per heavy atom. The van der Waals surface area contributed by atoms with Crippen LogP contribution in [0.15, 0.2) is 41.9 Å². The summed E-state index contributed by atoms with van der Waals surface area (Å²) in [5.74, 6) is 0.228. The molecule has 1 aromatic rings. The molecule has 10 heteroatoms. The van der Waals surface area contributed by atoms with Gasteiger partial charge >= 0.3 is 12.2 Å². The molecular weight excluding hydrogens is 450 g/mol. The maximum Gasteiger partial charge on any atom is 0.416 e. The standard InChI is InChI=1S/C25H37N5O5/c1-24(2,3)34-22(32)28-11-12-29-16(14-28)15-30(23(33)35-25(4,5)6)21(27)19(29)13-18(26)17-9-7-8-10-20(17)31/h7-10,13,16,31H,11-12,14-15,26-27H2,1-6H3/b18-13-. The summed E-state index contributed by atoms with van der Waals surface area (Å²) < 4.78 is 11.1. The van der Waals surface area contributed by atoms with E-state index in [2.05, 4.69) is 0 Å². The Balaban J connectivity index is 1.97. The Morgan fingerprint density at radius 2 is 1.60 bits per heavy atom. The van der Waals surface area contributed by atoms with E-state index in [9.17, 15) is 14.7 Å². The largest absolute Gasteiger partial charge is 0.507 e. The van der Waals surface area contributed by atoms with Crippen molar-refractivity contribution < 1.29 is 24.2 Å². The fourth-order valence-corrected chi connectivity index (χ4v) is 4.01. The van der Waals surface area contributed by atoms with Gasteiger partial charge in [0.05, 0.1) is 18.3 Å². The second-order valence-corrected chi connectivity index (χ2v) is 10.8. The number of hydrogen-bond acceptors (Lipinski definition) is 8. The van der Waals surface area contributed by atoms with E-state index < -0.39 is 23.4 Å². The van der Waals surface area contributed by atoms with Crippen LogP contribution < -0.4 is 11.5 Å². The van der Waals surface area contributed by atoms with Crippen LogP contribution in [0.1, 0.15) is 47.1 Å². The molecule has 0 spiro atoms. The molecule has 1 fully saturated rings. The highest BCUT2D eigenvalue weighted by Crippen LogP contribution is 2.30. The smallest absolute Gasteiger partial charge is 0.416 e. The van der Waals surface area contributed by atoms with Crippen LogP contribution in [-0.4, -0.2) is 75.4 Å². The number of nitrogens with two attached hydrogens (primary N) is 2. The molecule has 1 atom stereocenters. The first-order chi connectivity index (χ1) is 16.2. The number of phenols is 1. The second kappa shape index (κ2) is 9.59. The summed E-state index contributed by atoms with van der Waals surface area (Å²) in [6, 6.07) is 6.45. The van der Waals surface area contributed by atoms with Gasteiger partial charge in [-0.25, -0.2) is 9.59 Å². The van der Waals surface area contributed by atoms with Crippen molar-refractivity contribution in [1.29, 1.82) is 0 Å². The molecule has 0 saturated carbocycles. The summed E-state index contributed by atoms with van der Waals surface area (Å²) in [6.45, 7) is 12.2. The average molecular weight is 488 g/mol. The first kappa shape index (κ1) is 26.1. The third-order valence-corrected chi connectivity index (χ3v) is 5.51. The monoisotopic (exact) mass is 487 g/mol. The lowest BCUT2D eigenvalue weighted by Gasteiger charge is -2.48. The summed E-state index contributed by atoms with van der Waals surface area (Å²) in [4.78, 5) is 30.8. The zero-order valence-electron chi connectivity index (χ0n) is 21.4. The molecule has 2 amide bonds. The van der Waals surface area contributed by atoms with Crippen LogP contribution >= 0.6 is 0 Å². The lowest BCUT2D eigenvalue weighted by Crippen LogP contribution is -2.62. The number of para-hydroxylation sites is 1. The van der Waals surface area contributed by atoms with Gasteiger partial charge in [0.2, 0.25) is 0 Å². The Morgan fingerprint density at radius 3 is 2.20 bits per heavy atom. The van der Waals surface area contributed by atoms with Crippen molar-refractivity contribution in [3.8, 4) is 5.75 Å². The molecule has 2 aliphatic heterocycles. The van der Waals surface area contributed by atoms with Crippen molar-refractivity contribution >= 4 is 17.9 Å². The van der Waals surface area contributed by atoms with Crippen LogP contribution in [0.2, 0.25) is 0 Å². The van der Waals surface area contributed by atoms with Crippen LogP contribution in [0, 0.1) is 0 Å². The Hall–Kier alpha value is -3.56. The van der Waals surface area contributed by atoms with E-state index >= 15 is 0 Å².